The molecule has 1 aliphatic heterocycles. The highest BCUT2D eigenvalue weighted by molar-refractivity contribution is 5.82. The summed E-state index contributed by atoms with van der Waals surface area (Å²) in [5.41, 5.74) is 0.565. The van der Waals surface area contributed by atoms with Gasteiger partial charge in [0, 0.05) is 0 Å². The maximum absolute atomic E-state index is 14.4. The highest BCUT2D eigenvalue weighted by atomic mass is 19.1. The minimum Gasteiger partial charge on any atom is -0.454 e. The van der Waals surface area contributed by atoms with Crippen molar-refractivity contribution in [1.29, 1.82) is 0 Å². The van der Waals surface area contributed by atoms with Crippen LogP contribution < -0.4 is 0 Å². The van der Waals surface area contributed by atoms with Crippen LogP contribution in [0.25, 0.3) is 0 Å². The molecule has 1 saturated carbocycles. The monoisotopic (exact) mass is 328 g/mol. The molecule has 4 nitrogen and oxygen atoms in total. The zero-order valence-electron chi connectivity index (χ0n) is 12.9. The van der Waals surface area contributed by atoms with Gasteiger partial charge < -0.3 is 14.2 Å². The first-order valence-corrected chi connectivity index (χ1v) is 7.90. The van der Waals surface area contributed by atoms with Crippen molar-refractivity contribution in [2.45, 2.75) is 37.2 Å². The second kappa shape index (κ2) is 6.00. The Morgan fingerprint density at radius 1 is 0.958 bits per heavy atom. The molecule has 1 heterocycles. The maximum atomic E-state index is 14.4. The zero-order valence-corrected chi connectivity index (χ0v) is 12.9. The number of halogens is 1. The van der Waals surface area contributed by atoms with Crippen LogP contribution >= 0.6 is 0 Å². The van der Waals surface area contributed by atoms with Gasteiger partial charge in [-0.15, -0.1) is 0 Å². The van der Waals surface area contributed by atoms with Gasteiger partial charge in [0.1, 0.15) is 6.10 Å². The third kappa shape index (κ3) is 2.50. The van der Waals surface area contributed by atoms with Gasteiger partial charge in [-0.05, 0) is 11.1 Å². The summed E-state index contributed by atoms with van der Waals surface area (Å²) in [6.07, 6.45) is -3.06. The van der Waals surface area contributed by atoms with Gasteiger partial charge in [0.05, 0.1) is 13.2 Å². The maximum Gasteiger partial charge on any atom is 0.344 e. The zero-order chi connectivity index (χ0) is 16.6. The van der Waals surface area contributed by atoms with E-state index >= 15 is 0 Å². The topological polar surface area (TPSA) is 44.8 Å². The van der Waals surface area contributed by atoms with Crippen LogP contribution in [0.5, 0.6) is 0 Å². The second-order valence-electron chi connectivity index (χ2n) is 6.07. The van der Waals surface area contributed by atoms with Crippen molar-refractivity contribution in [3.8, 4) is 0 Å². The molecule has 0 bridgehead atoms. The van der Waals surface area contributed by atoms with Crippen molar-refractivity contribution < 1.29 is 23.4 Å². The van der Waals surface area contributed by atoms with E-state index in [9.17, 15) is 9.18 Å². The molecule has 0 radical (unpaired) electrons. The number of ether oxygens (including phenoxy) is 3. The van der Waals surface area contributed by atoms with Gasteiger partial charge in [-0.1, -0.05) is 60.7 Å². The fourth-order valence-electron chi connectivity index (χ4n) is 3.13. The molecule has 4 unspecified atom stereocenters. The van der Waals surface area contributed by atoms with Gasteiger partial charge in [-0.3, -0.25) is 0 Å². The molecule has 124 valence electrons. The quantitative estimate of drug-likeness (QED) is 0.765. The summed E-state index contributed by atoms with van der Waals surface area (Å²) in [7, 11) is 0. The van der Waals surface area contributed by atoms with E-state index in [2.05, 4.69) is 0 Å². The highest BCUT2D eigenvalue weighted by Crippen LogP contribution is 2.55. The van der Waals surface area contributed by atoms with Crippen molar-refractivity contribution in [3.05, 3.63) is 71.8 Å². The SMILES string of the molecule is O=C1OC2C(OCc3ccccc3)C2(OCc2ccccc2)C1F. The predicted octanol–water partition coefficient (Wildman–Crippen LogP) is 2.80. The van der Waals surface area contributed by atoms with Crippen molar-refractivity contribution >= 4 is 5.97 Å². The largest absolute Gasteiger partial charge is 0.454 e. The summed E-state index contributed by atoms with van der Waals surface area (Å²) in [5.74, 6) is -0.868. The Morgan fingerprint density at radius 2 is 1.54 bits per heavy atom. The first kappa shape index (κ1) is 15.3. The first-order valence-electron chi connectivity index (χ1n) is 7.90. The van der Waals surface area contributed by atoms with Crippen LogP contribution in [0, 0.1) is 0 Å². The van der Waals surface area contributed by atoms with Gasteiger partial charge >= 0.3 is 5.97 Å². The molecule has 2 aliphatic rings. The van der Waals surface area contributed by atoms with E-state index in [4.69, 9.17) is 14.2 Å². The first-order chi connectivity index (χ1) is 11.7. The molecule has 0 amide bonds. The summed E-state index contributed by atoms with van der Waals surface area (Å²) in [6, 6.07) is 19.0. The Kier molecular flexibility index (Phi) is 3.82. The van der Waals surface area contributed by atoms with E-state index in [0.717, 1.165) is 11.1 Å². The van der Waals surface area contributed by atoms with E-state index in [1.165, 1.54) is 0 Å². The molecule has 4 atom stereocenters. The van der Waals surface area contributed by atoms with Crippen LogP contribution in [-0.2, 0) is 32.2 Å². The van der Waals surface area contributed by atoms with Crippen LogP contribution in [0.4, 0.5) is 4.39 Å². The standard InChI is InChI=1S/C19H17FO4/c20-15-18(21)24-17-16(22-11-13-7-3-1-4-8-13)19(15,17)23-12-14-9-5-2-6-10-14/h1-10,15-17H,11-12H2. The van der Waals surface area contributed by atoms with Gasteiger partial charge in [0.25, 0.3) is 0 Å². The van der Waals surface area contributed by atoms with Crippen LogP contribution in [0.3, 0.4) is 0 Å². The third-order valence-electron chi connectivity index (χ3n) is 4.51. The van der Waals surface area contributed by atoms with E-state index in [-0.39, 0.29) is 6.61 Å². The van der Waals surface area contributed by atoms with Crippen molar-refractivity contribution in [2.75, 3.05) is 0 Å². The third-order valence-corrected chi connectivity index (χ3v) is 4.51. The molecular weight excluding hydrogens is 311 g/mol. The molecule has 4 rings (SSSR count). The Labute approximate surface area is 139 Å². The van der Waals surface area contributed by atoms with Gasteiger partial charge in [-0.25, -0.2) is 9.18 Å². The number of hydrogen-bond acceptors (Lipinski definition) is 4. The molecule has 1 saturated heterocycles. The van der Waals surface area contributed by atoms with Crippen LogP contribution in [0.1, 0.15) is 11.1 Å². The number of fused-ring (bicyclic) bond motifs is 1. The molecule has 0 spiro atoms. The molecule has 2 aromatic carbocycles. The second-order valence-corrected chi connectivity index (χ2v) is 6.07. The summed E-state index contributed by atoms with van der Waals surface area (Å²) in [5, 5.41) is 0. The molecular formula is C19H17FO4. The number of esters is 1. The number of alkyl halides is 1. The molecule has 2 fully saturated rings. The minimum atomic E-state index is -1.81. The fourth-order valence-corrected chi connectivity index (χ4v) is 3.13. The fraction of sp³-hybridized carbons (Fsp3) is 0.316. The van der Waals surface area contributed by atoms with Crippen LogP contribution in [0.2, 0.25) is 0 Å². The number of carbonyl (C=O) groups is 1. The van der Waals surface area contributed by atoms with Gasteiger partial charge in [-0.2, -0.15) is 0 Å². The summed E-state index contributed by atoms with van der Waals surface area (Å²) >= 11 is 0. The lowest BCUT2D eigenvalue weighted by atomic mass is 10.2. The molecule has 1 aliphatic carbocycles. The van der Waals surface area contributed by atoms with Crippen LogP contribution in [-0.4, -0.2) is 29.9 Å². The molecule has 24 heavy (non-hydrogen) atoms. The molecule has 5 heteroatoms. The highest BCUT2D eigenvalue weighted by Gasteiger charge is 2.81. The summed E-state index contributed by atoms with van der Waals surface area (Å²) < 4.78 is 31.0. The average Bonchev–Trinajstić information content (AvgIpc) is 3.16. The Balaban J connectivity index is 1.44. The summed E-state index contributed by atoms with van der Waals surface area (Å²) in [4.78, 5) is 11.5. The Morgan fingerprint density at radius 3 is 2.17 bits per heavy atom. The number of carbonyl (C=O) groups excluding carboxylic acids is 1. The minimum absolute atomic E-state index is 0.208. The van der Waals surface area contributed by atoms with Crippen LogP contribution in [0.15, 0.2) is 60.7 Å². The number of rotatable bonds is 6. The Hall–Kier alpha value is -2.24. The number of hydrogen-bond donors (Lipinski definition) is 0. The van der Waals surface area contributed by atoms with E-state index in [0.29, 0.717) is 6.61 Å². The van der Waals surface area contributed by atoms with E-state index in [1.807, 2.05) is 60.7 Å². The van der Waals surface area contributed by atoms with E-state index in [1.54, 1.807) is 0 Å². The summed E-state index contributed by atoms with van der Waals surface area (Å²) in [6.45, 7) is 0.530. The predicted molar refractivity (Wildman–Crippen MR) is 83.8 cm³/mol. The smallest absolute Gasteiger partial charge is 0.344 e. The average molecular weight is 328 g/mol. The lowest BCUT2D eigenvalue weighted by Gasteiger charge is -2.17. The molecule has 0 aromatic heterocycles. The molecule has 2 aromatic rings. The number of benzene rings is 2. The lowest BCUT2D eigenvalue weighted by molar-refractivity contribution is -0.152. The van der Waals surface area contributed by atoms with Crippen molar-refractivity contribution in [3.63, 3.8) is 0 Å². The van der Waals surface area contributed by atoms with Gasteiger partial charge in [0.2, 0.25) is 6.17 Å². The van der Waals surface area contributed by atoms with Gasteiger partial charge in [0.15, 0.2) is 11.7 Å². The van der Waals surface area contributed by atoms with E-state index < -0.39 is 29.9 Å². The Bertz CT molecular complexity index is 721. The van der Waals surface area contributed by atoms with Crippen molar-refractivity contribution in [1.82, 2.24) is 0 Å². The lowest BCUT2D eigenvalue weighted by Crippen LogP contribution is -2.35. The van der Waals surface area contributed by atoms with Crippen molar-refractivity contribution in [2.24, 2.45) is 0 Å². The molecule has 0 N–H and O–H groups in total. The normalized spacial score (nSPS) is 30.7.